The molecule has 0 spiro atoms. The summed E-state index contributed by atoms with van der Waals surface area (Å²) in [7, 11) is -2.29. The number of aromatic nitrogens is 3. The molecule has 4 aromatic rings. The number of para-hydroxylation sites is 1. The minimum atomic E-state index is -3.77. The number of hydrogen-bond donors (Lipinski definition) is 2. The fourth-order valence-electron chi connectivity index (χ4n) is 2.79. The van der Waals surface area contributed by atoms with E-state index in [9.17, 15) is 13.2 Å². The van der Waals surface area contributed by atoms with E-state index in [0.717, 1.165) is 0 Å². The van der Waals surface area contributed by atoms with Crippen molar-refractivity contribution < 1.29 is 17.7 Å². The molecule has 0 aliphatic heterocycles. The Labute approximate surface area is 183 Å². The summed E-state index contributed by atoms with van der Waals surface area (Å²) >= 11 is 0. The molecule has 2 heterocycles. The van der Waals surface area contributed by atoms with Gasteiger partial charge in [-0.2, -0.15) is 4.98 Å². The molecule has 4 rings (SSSR count). The largest absolute Gasteiger partial charge is 0.340 e. The average molecular weight is 450 g/mol. The van der Waals surface area contributed by atoms with Gasteiger partial charge in [-0.05, 0) is 48.5 Å². The fourth-order valence-corrected chi connectivity index (χ4v) is 3.98. The number of anilines is 2. The van der Waals surface area contributed by atoms with Gasteiger partial charge in [0, 0.05) is 30.6 Å². The van der Waals surface area contributed by atoms with Crippen LogP contribution in [0.15, 0.2) is 88.5 Å². The van der Waals surface area contributed by atoms with E-state index >= 15 is 0 Å². The summed E-state index contributed by atoms with van der Waals surface area (Å²) in [5.41, 5.74) is 6.45. The standard InChI is InChI=1S/C21H18N6O4S/c1-27(17-5-3-2-4-6-17)32(29,30)18-9-7-16(8-10-18)20(28)24-25-21-23-19(26-31-21)15-11-13-22-14-12-15/h2-14H,1H3,(H,24,28)(H,23,25,26). The number of nitrogens with one attached hydrogen (secondary N) is 2. The summed E-state index contributed by atoms with van der Waals surface area (Å²) in [6.07, 6.45) is 3.20. The second-order valence-corrected chi connectivity index (χ2v) is 8.54. The van der Waals surface area contributed by atoms with Crippen molar-refractivity contribution in [2.24, 2.45) is 0 Å². The molecule has 0 unspecified atom stereocenters. The van der Waals surface area contributed by atoms with E-state index in [-0.39, 0.29) is 16.5 Å². The first kappa shape index (κ1) is 21.0. The maximum Gasteiger partial charge on any atom is 0.340 e. The van der Waals surface area contributed by atoms with Gasteiger partial charge in [0.05, 0.1) is 10.6 Å². The molecule has 1 amide bonds. The number of rotatable bonds is 7. The monoisotopic (exact) mass is 450 g/mol. The van der Waals surface area contributed by atoms with E-state index < -0.39 is 15.9 Å². The van der Waals surface area contributed by atoms with Crippen molar-refractivity contribution in [1.82, 2.24) is 20.6 Å². The number of amides is 1. The molecule has 32 heavy (non-hydrogen) atoms. The molecule has 2 aromatic carbocycles. The summed E-state index contributed by atoms with van der Waals surface area (Å²) in [6.45, 7) is 0. The molecule has 0 bridgehead atoms. The summed E-state index contributed by atoms with van der Waals surface area (Å²) in [5, 5.41) is 3.82. The van der Waals surface area contributed by atoms with Crippen LogP contribution < -0.4 is 15.2 Å². The van der Waals surface area contributed by atoms with Crippen LogP contribution in [0, 0.1) is 0 Å². The number of carbonyl (C=O) groups is 1. The second-order valence-electron chi connectivity index (χ2n) is 6.57. The normalized spacial score (nSPS) is 11.0. The van der Waals surface area contributed by atoms with E-state index in [1.165, 1.54) is 35.6 Å². The van der Waals surface area contributed by atoms with Crippen LogP contribution in [-0.4, -0.2) is 36.5 Å². The van der Waals surface area contributed by atoms with Gasteiger partial charge >= 0.3 is 6.01 Å². The van der Waals surface area contributed by atoms with Gasteiger partial charge in [-0.15, -0.1) is 0 Å². The number of sulfonamides is 1. The molecular formula is C21H18N6O4S. The molecule has 10 nitrogen and oxygen atoms in total. The van der Waals surface area contributed by atoms with Crippen molar-refractivity contribution in [1.29, 1.82) is 0 Å². The number of hydrogen-bond acceptors (Lipinski definition) is 8. The highest BCUT2D eigenvalue weighted by molar-refractivity contribution is 7.92. The van der Waals surface area contributed by atoms with Gasteiger partial charge in [0.25, 0.3) is 15.9 Å². The highest BCUT2D eigenvalue weighted by Crippen LogP contribution is 2.22. The first-order valence-corrected chi connectivity index (χ1v) is 10.8. The molecule has 0 aliphatic carbocycles. The van der Waals surface area contributed by atoms with Crippen molar-refractivity contribution in [2.75, 3.05) is 16.8 Å². The fraction of sp³-hybridized carbons (Fsp3) is 0.0476. The zero-order valence-corrected chi connectivity index (χ0v) is 17.7. The van der Waals surface area contributed by atoms with Crippen LogP contribution in [0.5, 0.6) is 0 Å². The van der Waals surface area contributed by atoms with Gasteiger partial charge in [-0.3, -0.25) is 19.5 Å². The van der Waals surface area contributed by atoms with Crippen molar-refractivity contribution in [3.63, 3.8) is 0 Å². The molecule has 0 fully saturated rings. The Morgan fingerprint density at radius 2 is 1.66 bits per heavy atom. The Morgan fingerprint density at radius 1 is 0.969 bits per heavy atom. The number of pyridine rings is 1. The number of carbonyl (C=O) groups excluding carboxylic acids is 1. The molecule has 162 valence electrons. The molecule has 0 saturated heterocycles. The van der Waals surface area contributed by atoms with Crippen LogP contribution in [0.2, 0.25) is 0 Å². The molecule has 2 aromatic heterocycles. The minimum Gasteiger partial charge on any atom is -0.313 e. The summed E-state index contributed by atoms with van der Waals surface area (Å²) in [6, 6.07) is 17.7. The quantitative estimate of drug-likeness (QED) is 0.411. The minimum absolute atomic E-state index is 0.00570. The molecule has 0 radical (unpaired) electrons. The van der Waals surface area contributed by atoms with Crippen LogP contribution in [0.4, 0.5) is 11.7 Å². The Balaban J connectivity index is 1.41. The average Bonchev–Trinajstić information content (AvgIpc) is 3.32. The third-order valence-corrected chi connectivity index (χ3v) is 6.34. The lowest BCUT2D eigenvalue weighted by Crippen LogP contribution is -2.30. The lowest BCUT2D eigenvalue weighted by molar-refractivity contribution is 0.0961. The summed E-state index contributed by atoms with van der Waals surface area (Å²) in [4.78, 5) is 20.5. The number of benzene rings is 2. The lowest BCUT2D eigenvalue weighted by Gasteiger charge is -2.19. The van der Waals surface area contributed by atoms with Crippen LogP contribution in [0.3, 0.4) is 0 Å². The molecular weight excluding hydrogens is 432 g/mol. The SMILES string of the molecule is CN(c1ccccc1)S(=O)(=O)c1ccc(C(=O)NNc2nc(-c3ccncc3)no2)cc1. The van der Waals surface area contributed by atoms with Crippen molar-refractivity contribution >= 4 is 27.6 Å². The zero-order chi connectivity index (χ0) is 22.6. The predicted octanol–water partition coefficient (Wildman–Crippen LogP) is 2.71. The highest BCUT2D eigenvalue weighted by atomic mass is 32.2. The van der Waals surface area contributed by atoms with Crippen molar-refractivity contribution in [3.05, 3.63) is 84.7 Å². The molecule has 0 saturated carbocycles. The van der Waals surface area contributed by atoms with Gasteiger partial charge in [-0.1, -0.05) is 23.4 Å². The van der Waals surface area contributed by atoms with Crippen LogP contribution in [-0.2, 0) is 10.0 Å². The molecule has 0 atom stereocenters. The van der Waals surface area contributed by atoms with E-state index in [1.54, 1.807) is 54.9 Å². The first-order chi connectivity index (χ1) is 15.4. The van der Waals surface area contributed by atoms with Gasteiger partial charge in [0.2, 0.25) is 5.82 Å². The van der Waals surface area contributed by atoms with Crippen LogP contribution in [0.1, 0.15) is 10.4 Å². The lowest BCUT2D eigenvalue weighted by atomic mass is 10.2. The molecule has 11 heteroatoms. The Kier molecular flexibility index (Phi) is 5.81. The van der Waals surface area contributed by atoms with E-state index in [4.69, 9.17) is 4.52 Å². The Hall–Kier alpha value is -4.25. The van der Waals surface area contributed by atoms with Crippen molar-refractivity contribution in [2.45, 2.75) is 4.90 Å². The Bertz CT molecular complexity index is 1310. The first-order valence-electron chi connectivity index (χ1n) is 9.39. The van der Waals surface area contributed by atoms with E-state index in [0.29, 0.717) is 17.1 Å². The smallest absolute Gasteiger partial charge is 0.313 e. The predicted molar refractivity (Wildman–Crippen MR) is 117 cm³/mol. The third kappa shape index (κ3) is 4.42. The number of hydrazine groups is 1. The van der Waals surface area contributed by atoms with Gasteiger partial charge in [0.15, 0.2) is 0 Å². The van der Waals surface area contributed by atoms with Crippen LogP contribution in [0.25, 0.3) is 11.4 Å². The van der Waals surface area contributed by atoms with Crippen molar-refractivity contribution in [3.8, 4) is 11.4 Å². The third-order valence-electron chi connectivity index (χ3n) is 4.54. The van der Waals surface area contributed by atoms with Crippen LogP contribution >= 0.6 is 0 Å². The Morgan fingerprint density at radius 3 is 2.34 bits per heavy atom. The maximum atomic E-state index is 12.8. The topological polar surface area (TPSA) is 130 Å². The second kappa shape index (κ2) is 8.86. The van der Waals surface area contributed by atoms with Gasteiger partial charge in [0.1, 0.15) is 0 Å². The zero-order valence-electron chi connectivity index (χ0n) is 16.8. The molecule has 0 aliphatic rings. The van der Waals surface area contributed by atoms with E-state index in [2.05, 4.69) is 26.0 Å². The maximum absolute atomic E-state index is 12.8. The van der Waals surface area contributed by atoms with Gasteiger partial charge in [-0.25, -0.2) is 13.8 Å². The van der Waals surface area contributed by atoms with Gasteiger partial charge < -0.3 is 4.52 Å². The highest BCUT2D eigenvalue weighted by Gasteiger charge is 2.21. The van der Waals surface area contributed by atoms with E-state index in [1.807, 2.05) is 0 Å². The molecule has 2 N–H and O–H groups in total. The summed E-state index contributed by atoms with van der Waals surface area (Å²) in [5.74, 6) is -0.171. The summed E-state index contributed by atoms with van der Waals surface area (Å²) < 4.78 is 31.9. The number of nitrogens with zero attached hydrogens (tertiary/aromatic N) is 4.